The average Bonchev–Trinajstić information content (AvgIpc) is 0.965. The van der Waals surface area contributed by atoms with E-state index in [1.807, 2.05) is 161 Å². The van der Waals surface area contributed by atoms with Crippen molar-refractivity contribution in [1.29, 1.82) is 0 Å². The molecule has 0 radical (unpaired) electrons. The Balaban J connectivity index is 0.000000590. The van der Waals surface area contributed by atoms with Gasteiger partial charge >= 0.3 is 18.3 Å². The standard InChI is InChI=1S/C10H9F3O2.2C10H12O.C9H10O2.2C9H10O.C8H6F2O2.C8H8O2.8C2H6/c1-6-3-4-7-8(5-6)15-10(12,13)9(2,11)14-7;1-8-4-5-10-9(7-8)3-2-6-11-10;1-8-4-5-9-3-2-6-11-10(9)7-8;1-7-2-3-8-9(6-7)11-5-4-10-8;1-7-2-3-9-8(6-7)4-5-10-9;1-7-2-3-8-4-5-10-9(8)6-7;1-5-2-3-6-7(4-5)12-8(9,10)11-6;1-6-2-3-7-8(4-6)10-5-9-7;8*1-2/h3-5H,1-2H3;2*4-5,7H,2-3,6H2,1H3;2-3,6H,4-5H2,1H3;2*2-3,6H,4-5H2,1H3;2-4H,1H3;2-4H,5H2,1H3;8*1-2H3. The van der Waals surface area contributed by atoms with Gasteiger partial charge in [0.15, 0.2) is 46.0 Å². The summed E-state index contributed by atoms with van der Waals surface area (Å²) in [5, 5.41) is 0. The minimum absolute atomic E-state index is 0.0171. The lowest BCUT2D eigenvalue weighted by Crippen LogP contribution is -2.53. The molecule has 0 amide bonds. The summed E-state index contributed by atoms with van der Waals surface area (Å²) >= 11 is 0. The molecule has 106 heavy (non-hydrogen) atoms. The van der Waals surface area contributed by atoms with Gasteiger partial charge in [-0.2, -0.15) is 13.2 Å². The number of halogens is 5. The number of rotatable bonds is 0. The topological polar surface area (TPSA) is 111 Å². The molecule has 0 saturated heterocycles. The average molecular weight is 1480 g/mol. The lowest BCUT2D eigenvalue weighted by molar-refractivity contribution is -0.332. The summed E-state index contributed by atoms with van der Waals surface area (Å²) in [6.45, 7) is 53.8. The van der Waals surface area contributed by atoms with E-state index in [1.165, 1.54) is 92.7 Å². The molecule has 0 N–H and O–H groups in total. The van der Waals surface area contributed by atoms with Gasteiger partial charge in [-0.3, -0.25) is 0 Å². The van der Waals surface area contributed by atoms with Gasteiger partial charge in [0.2, 0.25) is 6.79 Å². The second-order valence-electron chi connectivity index (χ2n) is 22.8. The third-order valence-electron chi connectivity index (χ3n) is 14.8. The fourth-order valence-corrected chi connectivity index (χ4v) is 10.0. The zero-order valence-electron chi connectivity index (χ0n) is 68.3. The van der Waals surface area contributed by atoms with E-state index in [4.69, 9.17) is 37.9 Å². The van der Waals surface area contributed by atoms with E-state index in [0.717, 1.165) is 109 Å². The first-order valence-electron chi connectivity index (χ1n) is 38.1. The van der Waals surface area contributed by atoms with Crippen molar-refractivity contribution in [3.05, 3.63) is 212 Å². The zero-order valence-corrected chi connectivity index (χ0v) is 68.3. The van der Waals surface area contributed by atoms with Crippen LogP contribution in [0.5, 0.6) is 69.0 Å². The van der Waals surface area contributed by atoms with Gasteiger partial charge in [-0.25, -0.2) is 0 Å². The first kappa shape index (κ1) is 95.0. The van der Waals surface area contributed by atoms with E-state index in [9.17, 15) is 22.0 Å². The third-order valence-corrected chi connectivity index (χ3v) is 14.8. The molecule has 8 aromatic rings. The number of fused-ring (bicyclic) bond motifs is 8. The summed E-state index contributed by atoms with van der Waals surface area (Å²) in [7, 11) is 0. The third kappa shape index (κ3) is 31.6. The fraction of sp³-hybridized carbons (Fsp3) is 0.461. The van der Waals surface area contributed by atoms with Crippen molar-refractivity contribution in [3.8, 4) is 69.0 Å². The molecule has 0 aromatic heterocycles. The summed E-state index contributed by atoms with van der Waals surface area (Å²) in [6, 6.07) is 46.5. The quantitative estimate of drug-likeness (QED) is 0.135. The highest BCUT2D eigenvalue weighted by Gasteiger charge is 2.60. The lowest BCUT2D eigenvalue weighted by Gasteiger charge is -2.35. The summed E-state index contributed by atoms with van der Waals surface area (Å²) < 4.78 is 124. The van der Waals surface area contributed by atoms with Gasteiger partial charge in [-0.15, -0.1) is 8.78 Å². The Morgan fingerprint density at radius 3 is 0.981 bits per heavy atom. The minimum atomic E-state index is -3.98. The lowest BCUT2D eigenvalue weighted by atomic mass is 10.0. The van der Waals surface area contributed by atoms with Crippen LogP contribution in [0.1, 0.15) is 197 Å². The number of hydrogen-bond acceptors (Lipinski definition) is 12. The predicted octanol–water partition coefficient (Wildman–Crippen LogP) is 25.6. The first-order valence-corrected chi connectivity index (χ1v) is 38.1. The van der Waals surface area contributed by atoms with Crippen molar-refractivity contribution in [3.63, 3.8) is 0 Å². The van der Waals surface area contributed by atoms with Crippen LogP contribution in [0.25, 0.3) is 0 Å². The molecule has 8 heterocycles. The highest BCUT2D eigenvalue weighted by molar-refractivity contribution is 5.48. The summed E-state index contributed by atoms with van der Waals surface area (Å²) in [6.07, 6.45) is -0.643. The van der Waals surface area contributed by atoms with Crippen LogP contribution in [0.2, 0.25) is 0 Å². The van der Waals surface area contributed by atoms with Gasteiger partial charge in [0.25, 0.3) is 0 Å². The van der Waals surface area contributed by atoms with Gasteiger partial charge in [0, 0.05) is 19.8 Å². The molecular weight excluding hydrogens is 1360 g/mol. The molecule has 0 saturated carbocycles. The van der Waals surface area contributed by atoms with Crippen molar-refractivity contribution in [2.24, 2.45) is 0 Å². The SMILES string of the molecule is CC.CC.CC.CC.CC.CC.CC.CC.Cc1ccc2c(c1)CCCO2.Cc1ccc2c(c1)CCO2.Cc1ccc2c(c1)OC(F)(F)C(C)(F)O2.Cc1ccc2c(c1)OC(F)(F)O2.Cc1ccc2c(c1)OCC2.Cc1ccc2c(c1)OCCC2.Cc1ccc2c(c1)OCCO2.Cc1ccc2c(c1)OCO2. The van der Waals surface area contributed by atoms with E-state index in [-0.39, 0.29) is 23.0 Å². The minimum Gasteiger partial charge on any atom is -0.493 e. The number of benzene rings is 8. The van der Waals surface area contributed by atoms with Crippen LogP contribution in [0, 0.1) is 55.4 Å². The van der Waals surface area contributed by atoms with Gasteiger partial charge in [-0.1, -0.05) is 195 Å². The van der Waals surface area contributed by atoms with Gasteiger partial charge in [0.05, 0.1) is 26.4 Å². The maximum atomic E-state index is 13.3. The Bertz CT molecular complexity index is 3470. The molecule has 8 aromatic carbocycles. The molecule has 8 aliphatic rings. The molecule has 12 nitrogen and oxygen atoms in total. The molecule has 588 valence electrons. The molecule has 16 rings (SSSR count). The smallest absolute Gasteiger partial charge is 0.493 e. The highest BCUT2D eigenvalue weighted by Crippen LogP contribution is 2.46. The largest absolute Gasteiger partial charge is 0.586 e. The van der Waals surface area contributed by atoms with Crippen molar-refractivity contribution < 1.29 is 78.8 Å². The highest BCUT2D eigenvalue weighted by atomic mass is 19.3. The van der Waals surface area contributed by atoms with Crippen LogP contribution in [0.3, 0.4) is 0 Å². The molecule has 17 heteroatoms. The molecule has 1 unspecified atom stereocenters. The second-order valence-corrected chi connectivity index (χ2v) is 22.8. The van der Waals surface area contributed by atoms with E-state index in [1.54, 1.807) is 26.0 Å². The number of aryl methyl sites for hydroxylation is 10. The van der Waals surface area contributed by atoms with Crippen LogP contribution < -0.4 is 56.8 Å². The summed E-state index contributed by atoms with van der Waals surface area (Å²) in [5.74, 6) is 4.67. The van der Waals surface area contributed by atoms with E-state index in [2.05, 4.69) is 119 Å². The molecule has 8 aliphatic heterocycles. The molecule has 0 fully saturated rings. The van der Waals surface area contributed by atoms with Gasteiger partial charge in [0.1, 0.15) is 36.2 Å². The number of ether oxygens (including phenoxy) is 12. The van der Waals surface area contributed by atoms with Crippen LogP contribution in [-0.2, 0) is 25.7 Å². The van der Waals surface area contributed by atoms with Crippen LogP contribution in [-0.4, -0.2) is 64.7 Å². The Labute approximate surface area is 633 Å². The maximum Gasteiger partial charge on any atom is 0.586 e. The van der Waals surface area contributed by atoms with Crippen molar-refractivity contribution >= 4 is 0 Å². The molecule has 1 atom stereocenters. The van der Waals surface area contributed by atoms with Crippen molar-refractivity contribution in [1.82, 2.24) is 0 Å². The second kappa shape index (κ2) is 51.3. The van der Waals surface area contributed by atoms with E-state index in [0.29, 0.717) is 26.9 Å². The number of hydrogen-bond donors (Lipinski definition) is 0. The maximum absolute atomic E-state index is 13.3. The fourth-order valence-electron chi connectivity index (χ4n) is 10.0. The van der Waals surface area contributed by atoms with Crippen LogP contribution in [0.15, 0.2) is 146 Å². The van der Waals surface area contributed by atoms with E-state index < -0.39 is 18.3 Å². The Kier molecular flexibility index (Phi) is 46.0. The zero-order chi connectivity index (χ0) is 80.0. The van der Waals surface area contributed by atoms with Crippen LogP contribution >= 0.6 is 0 Å². The van der Waals surface area contributed by atoms with Gasteiger partial charge < -0.3 is 56.8 Å². The number of alkyl halides is 5. The predicted molar refractivity (Wildman–Crippen MR) is 425 cm³/mol. The Morgan fingerprint density at radius 2 is 0.509 bits per heavy atom. The normalized spacial score (nSPS) is 15.1. The molecule has 0 bridgehead atoms. The van der Waals surface area contributed by atoms with Crippen LogP contribution in [0.4, 0.5) is 22.0 Å². The Morgan fingerprint density at radius 1 is 0.236 bits per heavy atom. The molecular formula is C89H125F5O12. The summed E-state index contributed by atoms with van der Waals surface area (Å²) in [4.78, 5) is 0. The summed E-state index contributed by atoms with van der Waals surface area (Å²) in [5.41, 5.74) is 14.7. The van der Waals surface area contributed by atoms with Crippen molar-refractivity contribution in [2.45, 2.75) is 230 Å². The Hall–Kier alpha value is -8.99. The monoisotopic (exact) mass is 1480 g/mol. The van der Waals surface area contributed by atoms with E-state index >= 15 is 0 Å². The first-order chi connectivity index (χ1) is 51.0. The molecule has 0 spiro atoms. The molecule has 0 aliphatic carbocycles. The van der Waals surface area contributed by atoms with Crippen molar-refractivity contribution in [2.75, 3.05) is 46.4 Å². The van der Waals surface area contributed by atoms with Gasteiger partial charge in [-0.05, 0) is 210 Å².